The van der Waals surface area contributed by atoms with Gasteiger partial charge in [0.25, 0.3) is 0 Å². The van der Waals surface area contributed by atoms with Crippen molar-refractivity contribution in [3.05, 3.63) is 34.3 Å². The molecule has 0 aliphatic heterocycles. The zero-order valence-corrected chi connectivity index (χ0v) is 11.7. The molecule has 4 heteroatoms. The van der Waals surface area contributed by atoms with E-state index in [4.69, 9.17) is 10.3 Å². The Labute approximate surface area is 109 Å². The zero-order chi connectivity index (χ0) is 12.6. The number of nitrogens with zero attached hydrogens (tertiary/aromatic N) is 1. The molecule has 0 aliphatic rings. The monoisotopic (exact) mass is 294 g/mol. The SMILES string of the molecule is CC(C)(C)c1ccc(-c2onc(N)c2Br)cc1. The fraction of sp³-hybridized carbons (Fsp3) is 0.308. The standard InChI is InChI=1S/C13H15BrN2O/c1-13(2,3)9-6-4-8(5-7-9)11-10(14)12(15)16-17-11/h4-7H,1-3H3,(H2,15,16). The summed E-state index contributed by atoms with van der Waals surface area (Å²) in [6.07, 6.45) is 0. The Morgan fingerprint density at radius 3 is 2.18 bits per heavy atom. The second kappa shape index (κ2) is 4.18. The van der Waals surface area contributed by atoms with Crippen LogP contribution in [0.25, 0.3) is 11.3 Å². The van der Waals surface area contributed by atoms with Crippen LogP contribution in [0, 0.1) is 0 Å². The number of nitrogen functional groups attached to an aromatic ring is 1. The van der Waals surface area contributed by atoms with Gasteiger partial charge < -0.3 is 10.3 Å². The number of hydrogen-bond acceptors (Lipinski definition) is 3. The summed E-state index contributed by atoms with van der Waals surface area (Å²) in [5.74, 6) is 1.04. The smallest absolute Gasteiger partial charge is 0.183 e. The minimum absolute atomic E-state index is 0.149. The molecule has 0 spiro atoms. The van der Waals surface area contributed by atoms with Gasteiger partial charge >= 0.3 is 0 Å². The Morgan fingerprint density at radius 1 is 1.18 bits per heavy atom. The molecule has 0 bridgehead atoms. The maximum absolute atomic E-state index is 5.63. The van der Waals surface area contributed by atoms with Crippen LogP contribution in [0.4, 0.5) is 5.82 Å². The summed E-state index contributed by atoms with van der Waals surface area (Å²) >= 11 is 3.36. The molecule has 0 saturated heterocycles. The third-order valence-corrected chi connectivity index (χ3v) is 3.44. The molecule has 0 radical (unpaired) electrons. The van der Waals surface area contributed by atoms with Crippen molar-refractivity contribution in [1.29, 1.82) is 0 Å². The van der Waals surface area contributed by atoms with Gasteiger partial charge in [0.2, 0.25) is 0 Å². The Hall–Kier alpha value is -1.29. The zero-order valence-electron chi connectivity index (χ0n) is 10.1. The normalized spacial score (nSPS) is 11.8. The van der Waals surface area contributed by atoms with Crippen molar-refractivity contribution in [2.75, 3.05) is 5.73 Å². The van der Waals surface area contributed by atoms with E-state index in [1.165, 1.54) is 5.56 Å². The first-order valence-corrected chi connectivity index (χ1v) is 6.20. The molecule has 1 heterocycles. The summed E-state index contributed by atoms with van der Waals surface area (Å²) in [5, 5.41) is 3.72. The Bertz CT molecular complexity index is 523. The molecule has 0 unspecified atom stereocenters. The average Bonchev–Trinajstić information content (AvgIpc) is 2.59. The van der Waals surface area contributed by atoms with E-state index in [1.54, 1.807) is 0 Å². The van der Waals surface area contributed by atoms with E-state index in [1.807, 2.05) is 12.1 Å². The van der Waals surface area contributed by atoms with E-state index in [9.17, 15) is 0 Å². The van der Waals surface area contributed by atoms with Crippen molar-refractivity contribution in [2.45, 2.75) is 26.2 Å². The molecular weight excluding hydrogens is 280 g/mol. The molecule has 2 rings (SSSR count). The van der Waals surface area contributed by atoms with Crippen LogP contribution in [-0.4, -0.2) is 5.16 Å². The Kier molecular flexibility index (Phi) is 3.00. The molecule has 1 aromatic heterocycles. The number of nitrogens with two attached hydrogens (primary N) is 1. The predicted octanol–water partition coefficient (Wildman–Crippen LogP) is 3.98. The lowest BCUT2D eigenvalue weighted by Gasteiger charge is -2.18. The van der Waals surface area contributed by atoms with Crippen molar-refractivity contribution in [2.24, 2.45) is 0 Å². The maximum atomic E-state index is 5.63. The molecule has 1 aromatic carbocycles. The fourth-order valence-corrected chi connectivity index (χ4v) is 1.97. The van der Waals surface area contributed by atoms with Crippen molar-refractivity contribution in [3.63, 3.8) is 0 Å². The van der Waals surface area contributed by atoms with Gasteiger partial charge in [0, 0.05) is 5.56 Å². The van der Waals surface area contributed by atoms with Gasteiger partial charge in [-0.15, -0.1) is 0 Å². The van der Waals surface area contributed by atoms with Gasteiger partial charge in [0.1, 0.15) is 4.47 Å². The van der Waals surface area contributed by atoms with Crippen LogP contribution < -0.4 is 5.73 Å². The highest BCUT2D eigenvalue weighted by Crippen LogP contribution is 2.33. The second-order valence-corrected chi connectivity index (χ2v) is 5.83. The Balaban J connectivity index is 2.40. The van der Waals surface area contributed by atoms with Gasteiger partial charge in [-0.25, -0.2) is 0 Å². The minimum atomic E-state index is 0.149. The summed E-state index contributed by atoms with van der Waals surface area (Å²) < 4.78 is 5.89. The van der Waals surface area contributed by atoms with Crippen LogP contribution in [-0.2, 0) is 5.41 Å². The molecule has 17 heavy (non-hydrogen) atoms. The maximum Gasteiger partial charge on any atom is 0.183 e. The van der Waals surface area contributed by atoms with Crippen molar-refractivity contribution >= 4 is 21.7 Å². The summed E-state index contributed by atoms with van der Waals surface area (Å²) in [6, 6.07) is 8.23. The third-order valence-electron chi connectivity index (χ3n) is 2.67. The highest BCUT2D eigenvalue weighted by Gasteiger charge is 2.16. The Morgan fingerprint density at radius 2 is 1.76 bits per heavy atom. The van der Waals surface area contributed by atoms with Gasteiger partial charge in [-0.05, 0) is 26.9 Å². The third kappa shape index (κ3) is 2.36. The molecule has 2 aromatic rings. The molecular formula is C13H15BrN2O. The van der Waals surface area contributed by atoms with Gasteiger partial charge in [0.05, 0.1) is 0 Å². The lowest BCUT2D eigenvalue weighted by molar-refractivity contribution is 0.435. The van der Waals surface area contributed by atoms with E-state index in [-0.39, 0.29) is 5.41 Å². The summed E-state index contributed by atoms with van der Waals surface area (Å²) in [5.41, 5.74) is 8.02. The van der Waals surface area contributed by atoms with E-state index in [0.29, 0.717) is 16.1 Å². The predicted molar refractivity (Wildman–Crippen MR) is 72.8 cm³/mol. The topological polar surface area (TPSA) is 52.0 Å². The molecule has 90 valence electrons. The molecule has 3 nitrogen and oxygen atoms in total. The van der Waals surface area contributed by atoms with Crippen molar-refractivity contribution in [3.8, 4) is 11.3 Å². The second-order valence-electron chi connectivity index (χ2n) is 5.04. The summed E-state index contributed by atoms with van der Waals surface area (Å²) in [4.78, 5) is 0. The van der Waals surface area contributed by atoms with Crippen molar-refractivity contribution in [1.82, 2.24) is 5.16 Å². The van der Waals surface area contributed by atoms with Gasteiger partial charge in [-0.2, -0.15) is 0 Å². The first-order valence-electron chi connectivity index (χ1n) is 5.41. The van der Waals surface area contributed by atoms with Crippen LogP contribution in [0.15, 0.2) is 33.3 Å². The van der Waals surface area contributed by atoms with E-state index in [2.05, 4.69) is 54.0 Å². The van der Waals surface area contributed by atoms with E-state index in [0.717, 1.165) is 5.56 Å². The highest BCUT2D eigenvalue weighted by atomic mass is 79.9. The van der Waals surface area contributed by atoms with Crippen LogP contribution in [0.3, 0.4) is 0 Å². The van der Waals surface area contributed by atoms with Crippen LogP contribution in [0.5, 0.6) is 0 Å². The average molecular weight is 295 g/mol. The molecule has 0 aliphatic carbocycles. The lowest BCUT2D eigenvalue weighted by atomic mass is 9.86. The van der Waals surface area contributed by atoms with E-state index >= 15 is 0 Å². The first kappa shape index (κ1) is 12.2. The minimum Gasteiger partial charge on any atom is -0.380 e. The van der Waals surface area contributed by atoms with Crippen LogP contribution in [0.2, 0.25) is 0 Å². The number of hydrogen-bond donors (Lipinski definition) is 1. The summed E-state index contributed by atoms with van der Waals surface area (Å²) in [7, 11) is 0. The molecule has 0 amide bonds. The number of halogens is 1. The largest absolute Gasteiger partial charge is 0.380 e. The van der Waals surface area contributed by atoms with E-state index < -0.39 is 0 Å². The van der Waals surface area contributed by atoms with Crippen LogP contribution in [0.1, 0.15) is 26.3 Å². The number of rotatable bonds is 1. The quantitative estimate of drug-likeness (QED) is 0.865. The van der Waals surface area contributed by atoms with Crippen LogP contribution >= 0.6 is 15.9 Å². The lowest BCUT2D eigenvalue weighted by Crippen LogP contribution is -2.10. The molecule has 0 atom stereocenters. The number of aromatic nitrogens is 1. The molecule has 0 saturated carbocycles. The fourth-order valence-electron chi connectivity index (χ4n) is 1.59. The number of anilines is 1. The first-order chi connectivity index (χ1) is 7.89. The highest BCUT2D eigenvalue weighted by molar-refractivity contribution is 9.10. The summed E-state index contributed by atoms with van der Waals surface area (Å²) in [6.45, 7) is 6.55. The molecule has 2 N–H and O–H groups in total. The molecule has 0 fully saturated rings. The van der Waals surface area contributed by atoms with Gasteiger partial charge in [0.15, 0.2) is 11.6 Å². The van der Waals surface area contributed by atoms with Crippen molar-refractivity contribution < 1.29 is 4.52 Å². The van der Waals surface area contributed by atoms with Gasteiger partial charge in [-0.1, -0.05) is 50.2 Å². The number of benzene rings is 1. The van der Waals surface area contributed by atoms with Gasteiger partial charge in [-0.3, -0.25) is 0 Å².